The Bertz CT molecular complexity index is 1100. The number of hydrogen-bond donors (Lipinski definition) is 1. The van der Waals surface area contributed by atoms with Gasteiger partial charge in [0.1, 0.15) is 0 Å². The number of carbonyl (C=O) groups is 1. The Morgan fingerprint density at radius 1 is 1.00 bits per heavy atom. The zero-order valence-electron chi connectivity index (χ0n) is 15.6. The normalized spacial score (nSPS) is 20.8. The lowest BCUT2D eigenvalue weighted by molar-refractivity contribution is -0.118. The van der Waals surface area contributed by atoms with Crippen molar-refractivity contribution in [1.82, 2.24) is 4.98 Å². The number of para-hydroxylation sites is 1. The van der Waals surface area contributed by atoms with Crippen LogP contribution in [0.15, 0.2) is 66.4 Å². The van der Waals surface area contributed by atoms with E-state index >= 15 is 0 Å². The molecule has 0 fully saturated rings. The Morgan fingerprint density at radius 2 is 1.74 bits per heavy atom. The summed E-state index contributed by atoms with van der Waals surface area (Å²) in [5.41, 5.74) is 6.36. The minimum atomic E-state index is -0.111. The number of fused-ring (bicyclic) bond motifs is 4. The summed E-state index contributed by atoms with van der Waals surface area (Å²) in [5, 5.41) is 4.74. The van der Waals surface area contributed by atoms with Crippen LogP contribution in [-0.4, -0.2) is 10.8 Å². The summed E-state index contributed by atoms with van der Waals surface area (Å²) in [7, 11) is 0. The van der Waals surface area contributed by atoms with Crippen molar-refractivity contribution in [1.29, 1.82) is 0 Å². The van der Waals surface area contributed by atoms with Gasteiger partial charge in [-0.2, -0.15) is 0 Å². The lowest BCUT2D eigenvalue weighted by atomic mass is 9.68. The van der Waals surface area contributed by atoms with Crippen molar-refractivity contribution in [2.24, 2.45) is 5.41 Å². The quantitative estimate of drug-likeness (QED) is 0.623. The molecule has 2 aliphatic rings. The van der Waals surface area contributed by atoms with Crippen LogP contribution in [0, 0.1) is 5.41 Å². The maximum Gasteiger partial charge on any atom is 0.162 e. The predicted octanol–water partition coefficient (Wildman–Crippen LogP) is 5.54. The molecule has 0 radical (unpaired) electrons. The Balaban J connectivity index is 1.82. The van der Waals surface area contributed by atoms with Crippen LogP contribution in [0.3, 0.4) is 0 Å². The molecule has 0 amide bonds. The van der Waals surface area contributed by atoms with Gasteiger partial charge >= 0.3 is 0 Å². The summed E-state index contributed by atoms with van der Waals surface area (Å²) in [6, 6.07) is 18.3. The van der Waals surface area contributed by atoms with E-state index in [0.29, 0.717) is 6.42 Å². The molecule has 3 heteroatoms. The largest absolute Gasteiger partial charge is 0.372 e. The van der Waals surface area contributed by atoms with E-state index in [4.69, 9.17) is 0 Å². The van der Waals surface area contributed by atoms with Gasteiger partial charge in [-0.3, -0.25) is 9.78 Å². The highest BCUT2D eigenvalue weighted by atomic mass is 16.1. The first kappa shape index (κ1) is 16.2. The number of rotatable bonds is 1. The van der Waals surface area contributed by atoms with Gasteiger partial charge in [0.2, 0.25) is 0 Å². The highest BCUT2D eigenvalue weighted by molar-refractivity contribution is 6.12. The fraction of sp³-hybridized carbons (Fsp3) is 0.250. The summed E-state index contributed by atoms with van der Waals surface area (Å²) in [5.74, 6) is 0.258. The molecule has 3 aromatic rings. The Morgan fingerprint density at radius 3 is 2.56 bits per heavy atom. The van der Waals surface area contributed by atoms with Crippen molar-refractivity contribution < 1.29 is 4.79 Å². The van der Waals surface area contributed by atoms with E-state index in [1.807, 2.05) is 42.6 Å². The molecule has 1 unspecified atom stereocenters. The number of aromatic nitrogens is 1. The molecule has 1 aliphatic heterocycles. The average molecular weight is 354 g/mol. The predicted molar refractivity (Wildman–Crippen MR) is 109 cm³/mol. The van der Waals surface area contributed by atoms with Crippen LogP contribution in [0.25, 0.3) is 16.5 Å². The molecule has 0 saturated heterocycles. The van der Waals surface area contributed by atoms with Gasteiger partial charge in [-0.05, 0) is 29.0 Å². The first-order chi connectivity index (χ1) is 13.0. The standard InChI is InChI=1S/C24H22N2O/c1-24(2)12-17-21-16-10-6-7-11-18(16)25-14-19(21)26-23(22(17)20(27)13-24)15-8-4-3-5-9-15/h3-11,14,23,26H,12-13H2,1-2H3. The molecule has 2 heterocycles. The first-order valence-corrected chi connectivity index (χ1v) is 9.49. The lowest BCUT2D eigenvalue weighted by Gasteiger charge is -2.40. The maximum absolute atomic E-state index is 13.3. The number of anilines is 1. The molecule has 1 N–H and O–H groups in total. The van der Waals surface area contributed by atoms with Gasteiger partial charge in [-0.25, -0.2) is 0 Å². The highest BCUT2D eigenvalue weighted by Crippen LogP contribution is 2.51. The Hall–Kier alpha value is -2.94. The van der Waals surface area contributed by atoms with Crippen molar-refractivity contribution in [2.45, 2.75) is 32.7 Å². The van der Waals surface area contributed by atoms with Crippen molar-refractivity contribution in [3.05, 3.63) is 77.5 Å². The second-order valence-corrected chi connectivity index (χ2v) is 8.39. The van der Waals surface area contributed by atoms with Gasteiger partial charge in [0, 0.05) is 22.9 Å². The molecule has 1 aliphatic carbocycles. The average Bonchev–Trinajstić information content (AvgIpc) is 2.66. The van der Waals surface area contributed by atoms with E-state index in [2.05, 4.69) is 42.3 Å². The number of nitrogens with one attached hydrogen (secondary N) is 1. The van der Waals surface area contributed by atoms with E-state index in [0.717, 1.165) is 39.7 Å². The van der Waals surface area contributed by atoms with Gasteiger partial charge in [-0.15, -0.1) is 0 Å². The fourth-order valence-corrected chi connectivity index (χ4v) is 4.59. The molecule has 27 heavy (non-hydrogen) atoms. The van der Waals surface area contributed by atoms with Gasteiger partial charge in [0.05, 0.1) is 23.4 Å². The maximum atomic E-state index is 13.3. The number of ketones is 1. The van der Waals surface area contributed by atoms with E-state index < -0.39 is 0 Å². The zero-order valence-corrected chi connectivity index (χ0v) is 15.6. The van der Waals surface area contributed by atoms with Gasteiger partial charge in [-0.1, -0.05) is 62.4 Å². The molecule has 5 rings (SSSR count). The number of Topliss-reactive ketones (excluding diaryl/α,β-unsaturated/α-hetero) is 1. The smallest absolute Gasteiger partial charge is 0.162 e. The molecular weight excluding hydrogens is 332 g/mol. The highest BCUT2D eigenvalue weighted by Gasteiger charge is 2.40. The van der Waals surface area contributed by atoms with Crippen molar-refractivity contribution in [3.8, 4) is 0 Å². The molecule has 0 saturated carbocycles. The lowest BCUT2D eigenvalue weighted by Crippen LogP contribution is -2.33. The number of benzene rings is 2. The van der Waals surface area contributed by atoms with Crippen LogP contribution < -0.4 is 5.32 Å². The van der Waals surface area contributed by atoms with E-state index in [1.165, 1.54) is 5.57 Å². The zero-order chi connectivity index (χ0) is 18.6. The topological polar surface area (TPSA) is 42.0 Å². The summed E-state index contributed by atoms with van der Waals surface area (Å²) in [6.45, 7) is 4.38. The van der Waals surface area contributed by atoms with Crippen LogP contribution in [0.5, 0.6) is 0 Å². The molecular formula is C24H22N2O. The second kappa shape index (κ2) is 5.78. The molecule has 134 valence electrons. The first-order valence-electron chi connectivity index (χ1n) is 9.49. The summed E-state index contributed by atoms with van der Waals surface area (Å²) in [6.07, 6.45) is 3.42. The monoisotopic (exact) mass is 354 g/mol. The minimum absolute atomic E-state index is 0.0316. The molecule has 1 atom stereocenters. The third kappa shape index (κ3) is 2.57. The third-order valence-corrected chi connectivity index (χ3v) is 5.72. The second-order valence-electron chi connectivity index (χ2n) is 8.39. The van der Waals surface area contributed by atoms with Crippen molar-refractivity contribution in [2.75, 3.05) is 5.32 Å². The van der Waals surface area contributed by atoms with Gasteiger partial charge in [0.15, 0.2) is 5.78 Å². The SMILES string of the molecule is CC1(C)CC(=O)C2=C(C1)c1c(cnc3ccccc13)NC2c1ccccc1. The Kier molecular flexibility index (Phi) is 3.48. The van der Waals surface area contributed by atoms with Crippen LogP contribution in [0.4, 0.5) is 5.69 Å². The molecule has 0 bridgehead atoms. The summed E-state index contributed by atoms with van der Waals surface area (Å²) < 4.78 is 0. The van der Waals surface area contributed by atoms with Crippen molar-refractivity contribution in [3.63, 3.8) is 0 Å². The van der Waals surface area contributed by atoms with Crippen LogP contribution in [-0.2, 0) is 4.79 Å². The molecule has 3 nitrogen and oxygen atoms in total. The number of allylic oxidation sites excluding steroid dienone is 1. The third-order valence-electron chi connectivity index (χ3n) is 5.72. The Labute approximate surface area is 159 Å². The summed E-state index contributed by atoms with van der Waals surface area (Å²) in [4.78, 5) is 17.9. The molecule has 0 spiro atoms. The van der Waals surface area contributed by atoms with E-state index in [-0.39, 0.29) is 17.2 Å². The molecule has 1 aromatic heterocycles. The van der Waals surface area contributed by atoms with Crippen LogP contribution in [0.1, 0.15) is 43.9 Å². The minimum Gasteiger partial charge on any atom is -0.372 e. The molecule has 2 aromatic carbocycles. The van der Waals surface area contributed by atoms with Gasteiger partial charge < -0.3 is 5.32 Å². The van der Waals surface area contributed by atoms with Crippen LogP contribution in [0.2, 0.25) is 0 Å². The fourth-order valence-electron chi connectivity index (χ4n) is 4.59. The summed E-state index contributed by atoms with van der Waals surface area (Å²) >= 11 is 0. The number of hydrogen-bond acceptors (Lipinski definition) is 3. The van der Waals surface area contributed by atoms with E-state index in [9.17, 15) is 4.79 Å². The number of carbonyl (C=O) groups excluding carboxylic acids is 1. The number of nitrogens with zero attached hydrogens (tertiary/aromatic N) is 1. The van der Waals surface area contributed by atoms with E-state index in [1.54, 1.807) is 0 Å². The van der Waals surface area contributed by atoms with Crippen LogP contribution >= 0.6 is 0 Å². The van der Waals surface area contributed by atoms with Crippen molar-refractivity contribution >= 4 is 27.9 Å². The number of pyridine rings is 1. The van der Waals surface area contributed by atoms with Gasteiger partial charge in [0.25, 0.3) is 0 Å².